The fraction of sp³-hybridized carbons (Fsp3) is 0.0909. The lowest BCUT2D eigenvalue weighted by Gasteiger charge is -2.02. The van der Waals surface area contributed by atoms with E-state index in [0.29, 0.717) is 0 Å². The van der Waals surface area contributed by atoms with Gasteiger partial charge >= 0.3 is 0 Å². The fourth-order valence-corrected chi connectivity index (χ4v) is 2.04. The molecule has 0 unspecified atom stereocenters. The van der Waals surface area contributed by atoms with Crippen molar-refractivity contribution in [3.8, 4) is 11.3 Å². The maximum atomic E-state index is 3.55. The second kappa shape index (κ2) is 3.38. The molecule has 0 aliphatic rings. The number of nitrogens with one attached hydrogen (secondary N) is 1. The van der Waals surface area contributed by atoms with Crippen LogP contribution in [0.2, 0.25) is 0 Å². The summed E-state index contributed by atoms with van der Waals surface area (Å²) >= 11 is 3.55. The number of aryl methyl sites for hydroxylation is 1. The molecule has 0 amide bonds. The molecule has 1 aromatic heterocycles. The summed E-state index contributed by atoms with van der Waals surface area (Å²) in [5.74, 6) is 0. The van der Waals surface area contributed by atoms with Crippen LogP contribution < -0.4 is 0 Å². The minimum Gasteiger partial charge on any atom is -0.361 e. The molecule has 0 bridgehead atoms. The van der Waals surface area contributed by atoms with Gasteiger partial charge in [-0.3, -0.25) is 0 Å². The average molecular weight is 236 g/mol. The number of aromatic amines is 1. The molecule has 0 aliphatic heterocycles. The first-order valence-corrected chi connectivity index (χ1v) is 4.96. The number of hydrogen-bond acceptors (Lipinski definition) is 0. The summed E-state index contributed by atoms with van der Waals surface area (Å²) in [7, 11) is 0. The molecule has 0 spiro atoms. The van der Waals surface area contributed by atoms with Gasteiger partial charge in [0.1, 0.15) is 0 Å². The molecule has 2 aromatic rings. The van der Waals surface area contributed by atoms with E-state index in [4.69, 9.17) is 0 Å². The van der Waals surface area contributed by atoms with E-state index >= 15 is 0 Å². The van der Waals surface area contributed by atoms with Gasteiger partial charge in [0.05, 0.1) is 0 Å². The zero-order valence-corrected chi connectivity index (χ0v) is 8.93. The number of benzene rings is 1. The Morgan fingerprint density at radius 2 is 2.08 bits per heavy atom. The summed E-state index contributed by atoms with van der Waals surface area (Å²) < 4.78 is 1.13. The third-order valence-corrected chi connectivity index (χ3v) is 2.67. The van der Waals surface area contributed by atoms with Gasteiger partial charge < -0.3 is 4.98 Å². The molecule has 0 radical (unpaired) electrons. The van der Waals surface area contributed by atoms with Crippen LogP contribution in [-0.4, -0.2) is 4.98 Å². The van der Waals surface area contributed by atoms with Crippen molar-refractivity contribution >= 4 is 15.9 Å². The highest BCUT2D eigenvalue weighted by molar-refractivity contribution is 9.10. The number of aromatic nitrogens is 1. The van der Waals surface area contributed by atoms with Crippen molar-refractivity contribution in [3.05, 3.63) is 46.6 Å². The van der Waals surface area contributed by atoms with E-state index in [-0.39, 0.29) is 0 Å². The van der Waals surface area contributed by atoms with Gasteiger partial charge in [0.15, 0.2) is 0 Å². The van der Waals surface area contributed by atoms with Crippen LogP contribution in [0.25, 0.3) is 11.3 Å². The summed E-state index contributed by atoms with van der Waals surface area (Å²) in [5, 5.41) is 0. The van der Waals surface area contributed by atoms with Gasteiger partial charge in [-0.25, -0.2) is 0 Å². The molecule has 1 N–H and O–H groups in total. The predicted octanol–water partition coefficient (Wildman–Crippen LogP) is 3.75. The monoisotopic (exact) mass is 235 g/mol. The molecule has 2 rings (SSSR count). The largest absolute Gasteiger partial charge is 0.361 e. The van der Waals surface area contributed by atoms with E-state index in [1.807, 2.05) is 12.3 Å². The molecule has 66 valence electrons. The van der Waals surface area contributed by atoms with Gasteiger partial charge in [0.2, 0.25) is 0 Å². The minimum absolute atomic E-state index is 1.13. The highest BCUT2D eigenvalue weighted by Crippen LogP contribution is 2.27. The Morgan fingerprint density at radius 3 is 2.69 bits per heavy atom. The van der Waals surface area contributed by atoms with Crippen molar-refractivity contribution in [3.63, 3.8) is 0 Å². The number of rotatable bonds is 1. The van der Waals surface area contributed by atoms with Crippen LogP contribution in [-0.2, 0) is 0 Å². The normalized spacial score (nSPS) is 10.3. The first-order chi connectivity index (χ1) is 6.27. The SMILES string of the molecule is Cc1ccc(-c2ccc[nH]2)c(Br)c1. The van der Waals surface area contributed by atoms with Gasteiger partial charge in [-0.2, -0.15) is 0 Å². The lowest BCUT2D eigenvalue weighted by atomic mass is 10.1. The molecule has 0 fully saturated rings. The van der Waals surface area contributed by atoms with E-state index in [2.05, 4.69) is 52.1 Å². The smallest absolute Gasteiger partial charge is 0.0465 e. The van der Waals surface area contributed by atoms with E-state index in [1.54, 1.807) is 0 Å². The fourth-order valence-electron chi connectivity index (χ4n) is 1.34. The quantitative estimate of drug-likeness (QED) is 0.776. The number of halogens is 1. The Hall–Kier alpha value is -1.02. The zero-order chi connectivity index (χ0) is 9.26. The van der Waals surface area contributed by atoms with Crippen molar-refractivity contribution in [2.75, 3.05) is 0 Å². The van der Waals surface area contributed by atoms with Crippen LogP contribution in [0, 0.1) is 6.92 Å². The zero-order valence-electron chi connectivity index (χ0n) is 7.34. The van der Waals surface area contributed by atoms with E-state index in [1.165, 1.54) is 11.1 Å². The van der Waals surface area contributed by atoms with Crippen LogP contribution in [0.5, 0.6) is 0 Å². The summed E-state index contributed by atoms with van der Waals surface area (Å²) in [4.78, 5) is 3.18. The third-order valence-electron chi connectivity index (χ3n) is 2.01. The van der Waals surface area contributed by atoms with Gasteiger partial charge in [0, 0.05) is 21.9 Å². The molecule has 2 heteroatoms. The van der Waals surface area contributed by atoms with Crippen LogP contribution >= 0.6 is 15.9 Å². The summed E-state index contributed by atoms with van der Waals surface area (Å²) in [6.45, 7) is 2.09. The Balaban J connectivity index is 2.53. The Labute approximate surface area is 85.9 Å². The third kappa shape index (κ3) is 1.68. The second-order valence-electron chi connectivity index (χ2n) is 3.07. The van der Waals surface area contributed by atoms with Crippen LogP contribution in [0.4, 0.5) is 0 Å². The molecular formula is C11H10BrN. The molecule has 1 heterocycles. The lowest BCUT2D eigenvalue weighted by molar-refractivity contribution is 1.37. The van der Waals surface area contributed by atoms with Crippen molar-refractivity contribution < 1.29 is 0 Å². The van der Waals surface area contributed by atoms with Gasteiger partial charge in [0.25, 0.3) is 0 Å². The first-order valence-electron chi connectivity index (χ1n) is 4.17. The van der Waals surface area contributed by atoms with Gasteiger partial charge in [-0.1, -0.05) is 28.1 Å². The second-order valence-corrected chi connectivity index (χ2v) is 3.92. The molecular weight excluding hydrogens is 226 g/mol. The van der Waals surface area contributed by atoms with E-state index < -0.39 is 0 Å². The lowest BCUT2D eigenvalue weighted by Crippen LogP contribution is -1.80. The molecule has 13 heavy (non-hydrogen) atoms. The molecule has 1 nitrogen and oxygen atoms in total. The first kappa shape index (κ1) is 8.57. The summed E-state index contributed by atoms with van der Waals surface area (Å²) in [5.41, 5.74) is 3.62. The summed E-state index contributed by atoms with van der Waals surface area (Å²) in [6, 6.07) is 10.4. The Bertz CT molecular complexity index is 404. The van der Waals surface area contributed by atoms with Crippen LogP contribution in [0.1, 0.15) is 5.56 Å². The number of H-pyrrole nitrogens is 1. The summed E-state index contributed by atoms with van der Waals surface area (Å²) in [6.07, 6.45) is 1.93. The minimum atomic E-state index is 1.13. The van der Waals surface area contributed by atoms with Crippen molar-refractivity contribution in [2.45, 2.75) is 6.92 Å². The molecule has 0 saturated heterocycles. The molecule has 1 aromatic carbocycles. The van der Waals surface area contributed by atoms with Gasteiger partial charge in [-0.05, 0) is 30.7 Å². The number of hydrogen-bond donors (Lipinski definition) is 1. The molecule has 0 saturated carbocycles. The van der Waals surface area contributed by atoms with Crippen molar-refractivity contribution in [1.29, 1.82) is 0 Å². The van der Waals surface area contributed by atoms with E-state index in [0.717, 1.165) is 10.2 Å². The van der Waals surface area contributed by atoms with Crippen molar-refractivity contribution in [2.24, 2.45) is 0 Å². The Kier molecular flexibility index (Phi) is 2.23. The van der Waals surface area contributed by atoms with Crippen molar-refractivity contribution in [1.82, 2.24) is 4.98 Å². The Morgan fingerprint density at radius 1 is 1.23 bits per heavy atom. The van der Waals surface area contributed by atoms with E-state index in [9.17, 15) is 0 Å². The highest BCUT2D eigenvalue weighted by atomic mass is 79.9. The highest BCUT2D eigenvalue weighted by Gasteiger charge is 2.02. The standard InChI is InChI=1S/C11H10BrN/c1-8-4-5-9(10(12)7-8)11-3-2-6-13-11/h2-7,13H,1H3. The molecule has 0 atom stereocenters. The molecule has 0 aliphatic carbocycles. The predicted molar refractivity (Wildman–Crippen MR) is 58.7 cm³/mol. The topological polar surface area (TPSA) is 15.8 Å². The van der Waals surface area contributed by atoms with Crippen LogP contribution in [0.3, 0.4) is 0 Å². The average Bonchev–Trinajstić information content (AvgIpc) is 2.56. The maximum absolute atomic E-state index is 3.55. The maximum Gasteiger partial charge on any atom is 0.0465 e. The van der Waals surface area contributed by atoms with Gasteiger partial charge in [-0.15, -0.1) is 0 Å². The van der Waals surface area contributed by atoms with Crippen LogP contribution in [0.15, 0.2) is 41.0 Å².